The van der Waals surface area contributed by atoms with Crippen molar-refractivity contribution < 1.29 is 42.9 Å². The first-order chi connectivity index (χ1) is 17.1. The monoisotopic (exact) mass is 520 g/mol. The van der Waals surface area contributed by atoms with Crippen LogP contribution in [-0.4, -0.2) is 59.5 Å². The van der Waals surface area contributed by atoms with E-state index in [1.54, 1.807) is 13.8 Å². The molecule has 1 aliphatic carbocycles. The molecule has 8 atom stereocenters. The predicted octanol–water partition coefficient (Wildman–Crippen LogP) is 3.83. The van der Waals surface area contributed by atoms with Gasteiger partial charge < -0.3 is 23.7 Å². The second-order valence-electron chi connectivity index (χ2n) is 11.3. The van der Waals surface area contributed by atoms with Crippen LogP contribution in [0, 0.1) is 17.8 Å². The Kier molecular flexibility index (Phi) is 8.27. The molecule has 2 fully saturated rings. The van der Waals surface area contributed by atoms with Crippen LogP contribution in [0.15, 0.2) is 23.8 Å². The maximum atomic E-state index is 12.3. The number of hydrogen-bond acceptors (Lipinski definition) is 9. The van der Waals surface area contributed by atoms with Crippen LogP contribution in [0.1, 0.15) is 74.7 Å². The van der Waals surface area contributed by atoms with Crippen LogP contribution in [0.3, 0.4) is 0 Å². The van der Waals surface area contributed by atoms with E-state index in [1.165, 1.54) is 27.7 Å². The molecule has 0 aromatic carbocycles. The minimum Gasteiger partial charge on any atom is -0.459 e. The number of fused-ring (bicyclic) bond motifs is 5. The molecule has 3 aliphatic rings. The Balaban J connectivity index is 2.19. The lowest BCUT2D eigenvalue weighted by atomic mass is 9.60. The van der Waals surface area contributed by atoms with Crippen LogP contribution in [0.2, 0.25) is 0 Å². The summed E-state index contributed by atoms with van der Waals surface area (Å²) in [7, 11) is 0. The van der Waals surface area contributed by atoms with E-state index in [1.807, 2.05) is 19.9 Å². The third kappa shape index (κ3) is 6.08. The van der Waals surface area contributed by atoms with Gasteiger partial charge in [-0.15, -0.1) is 0 Å². The summed E-state index contributed by atoms with van der Waals surface area (Å²) in [6.45, 7) is 17.0. The van der Waals surface area contributed by atoms with Crippen molar-refractivity contribution >= 4 is 23.9 Å². The van der Waals surface area contributed by atoms with Crippen LogP contribution in [-0.2, 0) is 42.9 Å². The Labute approximate surface area is 218 Å². The molecule has 206 valence electrons. The van der Waals surface area contributed by atoms with Crippen molar-refractivity contribution in [3.05, 3.63) is 23.8 Å². The van der Waals surface area contributed by atoms with Gasteiger partial charge in [-0.2, -0.15) is 0 Å². The zero-order valence-corrected chi connectivity index (χ0v) is 23.1. The number of carbonyl (C=O) groups is 4. The highest BCUT2D eigenvalue weighted by Crippen LogP contribution is 2.56. The zero-order chi connectivity index (χ0) is 27.9. The van der Waals surface area contributed by atoms with Gasteiger partial charge >= 0.3 is 23.9 Å². The van der Waals surface area contributed by atoms with Gasteiger partial charge in [-0.1, -0.05) is 12.2 Å². The third-order valence-corrected chi connectivity index (χ3v) is 7.83. The van der Waals surface area contributed by atoms with E-state index in [-0.39, 0.29) is 17.9 Å². The maximum absolute atomic E-state index is 12.3. The van der Waals surface area contributed by atoms with E-state index >= 15 is 0 Å². The molecule has 9 nitrogen and oxygen atoms in total. The summed E-state index contributed by atoms with van der Waals surface area (Å²) >= 11 is 0. The first-order valence-corrected chi connectivity index (χ1v) is 12.8. The molecule has 0 radical (unpaired) electrons. The van der Waals surface area contributed by atoms with E-state index in [0.29, 0.717) is 19.3 Å². The maximum Gasteiger partial charge on any atom is 0.303 e. The highest BCUT2D eigenvalue weighted by Gasteiger charge is 2.63. The Hall–Kier alpha value is -2.68. The molecule has 0 saturated carbocycles. The van der Waals surface area contributed by atoms with Crippen LogP contribution in [0.5, 0.6) is 0 Å². The van der Waals surface area contributed by atoms with Gasteiger partial charge in [-0.3, -0.25) is 19.2 Å². The molecule has 0 aromatic rings. The zero-order valence-electron chi connectivity index (χ0n) is 23.1. The molecule has 0 amide bonds. The second kappa shape index (κ2) is 10.6. The third-order valence-electron chi connectivity index (χ3n) is 7.83. The molecule has 2 bridgehead atoms. The lowest BCUT2D eigenvalue weighted by molar-refractivity contribution is -0.192. The number of rotatable bonds is 5. The smallest absolute Gasteiger partial charge is 0.303 e. The second-order valence-corrected chi connectivity index (χ2v) is 11.3. The summed E-state index contributed by atoms with van der Waals surface area (Å²) < 4.78 is 29.8. The first kappa shape index (κ1) is 28.9. The Morgan fingerprint density at radius 2 is 1.65 bits per heavy atom. The van der Waals surface area contributed by atoms with E-state index in [0.717, 1.165) is 11.1 Å². The van der Waals surface area contributed by atoms with E-state index in [4.69, 9.17) is 23.7 Å². The molecule has 37 heavy (non-hydrogen) atoms. The van der Waals surface area contributed by atoms with Crippen molar-refractivity contribution in [1.29, 1.82) is 0 Å². The van der Waals surface area contributed by atoms with Gasteiger partial charge in [0.15, 0.2) is 0 Å². The van der Waals surface area contributed by atoms with Crippen molar-refractivity contribution in [1.82, 2.24) is 0 Å². The topological polar surface area (TPSA) is 114 Å². The fourth-order valence-corrected chi connectivity index (χ4v) is 6.76. The van der Waals surface area contributed by atoms with Gasteiger partial charge in [0, 0.05) is 45.4 Å². The van der Waals surface area contributed by atoms with Crippen LogP contribution < -0.4 is 0 Å². The molecule has 9 heteroatoms. The fraction of sp³-hybridized carbons (Fsp3) is 0.714. The van der Waals surface area contributed by atoms with Crippen LogP contribution >= 0.6 is 0 Å². The fourth-order valence-electron chi connectivity index (χ4n) is 6.76. The van der Waals surface area contributed by atoms with Crippen molar-refractivity contribution in [2.75, 3.05) is 0 Å². The highest BCUT2D eigenvalue weighted by atomic mass is 16.6. The molecule has 0 aromatic heterocycles. The summed E-state index contributed by atoms with van der Waals surface area (Å²) in [4.78, 5) is 48.4. The lowest BCUT2D eigenvalue weighted by Crippen LogP contribution is -2.58. The average Bonchev–Trinajstić information content (AvgIpc) is 3.09. The molecule has 2 heterocycles. The summed E-state index contributed by atoms with van der Waals surface area (Å²) in [5.41, 5.74) is -0.463. The Morgan fingerprint density at radius 1 is 1.03 bits per heavy atom. The SMILES string of the molecule is C=C1CC2OC(C3C2C(C)=CC(OC(C)=O)C3C(C)(C)OC(C)=O)C(C)(OC(C)=O)CCC1OC(C)=O. The molecule has 8 unspecified atom stereocenters. The van der Waals surface area contributed by atoms with Crippen molar-refractivity contribution in [3.8, 4) is 0 Å². The number of ether oxygens (including phenoxy) is 5. The number of carbonyl (C=O) groups excluding carboxylic acids is 4. The van der Waals surface area contributed by atoms with Crippen molar-refractivity contribution in [2.24, 2.45) is 17.8 Å². The van der Waals surface area contributed by atoms with Crippen molar-refractivity contribution in [2.45, 2.75) is 110 Å². The molecular formula is C28H40O9. The molecule has 0 N–H and O–H groups in total. The molecule has 0 spiro atoms. The molecular weight excluding hydrogens is 480 g/mol. The summed E-state index contributed by atoms with van der Waals surface area (Å²) in [6.07, 6.45) is 0.866. The molecule has 3 rings (SSSR count). The van der Waals surface area contributed by atoms with E-state index in [9.17, 15) is 19.2 Å². The number of esters is 4. The predicted molar refractivity (Wildman–Crippen MR) is 133 cm³/mol. The lowest BCUT2D eigenvalue weighted by Gasteiger charge is -2.49. The van der Waals surface area contributed by atoms with Gasteiger partial charge in [0.05, 0.1) is 6.10 Å². The average molecular weight is 521 g/mol. The van der Waals surface area contributed by atoms with Crippen LogP contribution in [0.25, 0.3) is 0 Å². The van der Waals surface area contributed by atoms with Gasteiger partial charge in [-0.05, 0) is 58.6 Å². The number of hydrogen-bond donors (Lipinski definition) is 0. The van der Waals surface area contributed by atoms with E-state index < -0.39 is 59.3 Å². The minimum atomic E-state index is -1.10. The van der Waals surface area contributed by atoms with Crippen LogP contribution in [0.4, 0.5) is 0 Å². The Morgan fingerprint density at radius 3 is 2.19 bits per heavy atom. The summed E-state index contributed by atoms with van der Waals surface area (Å²) in [5, 5.41) is 0. The summed E-state index contributed by atoms with van der Waals surface area (Å²) in [5.74, 6) is -2.77. The van der Waals surface area contributed by atoms with E-state index in [2.05, 4.69) is 6.58 Å². The first-order valence-electron chi connectivity index (χ1n) is 12.8. The molecule has 2 saturated heterocycles. The highest BCUT2D eigenvalue weighted by molar-refractivity contribution is 5.68. The van der Waals surface area contributed by atoms with Gasteiger partial charge in [0.1, 0.15) is 29.5 Å². The standard InChI is InChI=1S/C28H40O9/c1-14-12-21-23-15(2)13-22(34-17(4)30)25(27(7,8)36-18(5)31)24(23)26(35-21)28(9,37-19(6)32)11-10-20(14)33-16(3)29/h13,20-26H,1,10-12H2,2-9H3. The molecule has 2 aliphatic heterocycles. The normalized spacial score (nSPS) is 35.6. The van der Waals surface area contributed by atoms with Gasteiger partial charge in [0.25, 0.3) is 0 Å². The van der Waals surface area contributed by atoms with Gasteiger partial charge in [-0.25, -0.2) is 0 Å². The largest absolute Gasteiger partial charge is 0.459 e. The van der Waals surface area contributed by atoms with Gasteiger partial charge in [0.2, 0.25) is 0 Å². The quantitative estimate of drug-likeness (QED) is 0.303. The Bertz CT molecular complexity index is 996. The minimum absolute atomic E-state index is 0.167. The van der Waals surface area contributed by atoms with Crippen molar-refractivity contribution in [3.63, 3.8) is 0 Å². The summed E-state index contributed by atoms with van der Waals surface area (Å²) in [6, 6.07) is 0.